The average Bonchev–Trinajstić information content (AvgIpc) is 3.08. The smallest absolute Gasteiger partial charge is 2.00 e. The van der Waals surface area contributed by atoms with Gasteiger partial charge in [0.2, 0.25) is 5.91 Å². The molecule has 1 N–H and O–H groups in total. The van der Waals surface area contributed by atoms with Gasteiger partial charge in [-0.3, -0.25) is 14.6 Å². The van der Waals surface area contributed by atoms with Crippen LogP contribution in [0.3, 0.4) is 0 Å². The zero-order chi connectivity index (χ0) is 26.9. The molecule has 2 heterocycles. The van der Waals surface area contributed by atoms with E-state index in [0.29, 0.717) is 54.0 Å². The fraction of sp³-hybridized carbons (Fsp3) is 0.692. The van der Waals surface area contributed by atoms with Gasteiger partial charge in [-0.1, -0.05) is 41.3 Å². The number of hydrogen-bond acceptors (Lipinski definition) is 8. The zero-order valence-corrected chi connectivity index (χ0v) is 27.3. The van der Waals surface area contributed by atoms with E-state index in [1.54, 1.807) is 7.11 Å². The van der Waals surface area contributed by atoms with Crippen LogP contribution >= 0.6 is 23.2 Å². The summed E-state index contributed by atoms with van der Waals surface area (Å²) < 4.78 is 0. The molecule has 39 heavy (non-hydrogen) atoms. The number of nitrogens with zero attached hydrogens (tertiary/aromatic N) is 3. The number of amides is 1. The van der Waals surface area contributed by atoms with Crippen LogP contribution in [0, 0.1) is 5.92 Å². The molecule has 0 saturated carbocycles. The Bertz CT molecular complexity index is 936. The van der Waals surface area contributed by atoms with E-state index in [4.69, 9.17) is 53.3 Å². The van der Waals surface area contributed by atoms with Crippen LogP contribution in [0.2, 0.25) is 10.0 Å². The second-order valence-electron chi connectivity index (χ2n) is 9.70. The van der Waals surface area contributed by atoms with Crippen molar-refractivity contribution < 1.29 is 40.3 Å². The van der Waals surface area contributed by atoms with Crippen molar-refractivity contribution >= 4 is 60.1 Å². The SMILES string of the molecule is CCC(=NOC)C1C(c2ccc(Cl)c(Cl)c2)CC2CC([O-])C1N2CCCN(CC[S-])CC(=O)NCC[S-].[98Tc+5].[O-2]. The van der Waals surface area contributed by atoms with E-state index in [2.05, 4.69) is 27.2 Å². The monoisotopic (exact) mass is 701 g/mol. The minimum absolute atomic E-state index is 0. The molecule has 2 aliphatic rings. The van der Waals surface area contributed by atoms with Gasteiger partial charge in [-0.2, -0.15) is 11.5 Å². The Hall–Kier alpha value is -0.0706. The molecular formula is C26H37Cl2N4O4S2Tc. The molecule has 8 nitrogen and oxygen atoms in total. The Labute approximate surface area is 267 Å². The van der Waals surface area contributed by atoms with Crippen molar-refractivity contribution in [1.82, 2.24) is 15.1 Å². The van der Waals surface area contributed by atoms with Crippen LogP contribution in [-0.4, -0.2) is 90.9 Å². The minimum Gasteiger partial charge on any atom is -2.00 e. The maximum atomic E-state index is 13.5. The summed E-state index contributed by atoms with van der Waals surface area (Å²) in [7, 11) is 1.55. The number of rotatable bonds is 14. The molecule has 2 fully saturated rings. The molecular weight excluding hydrogens is 665 g/mol. The molecule has 5 atom stereocenters. The molecule has 0 radical (unpaired) electrons. The molecule has 2 bridgehead atoms. The summed E-state index contributed by atoms with van der Waals surface area (Å²) >= 11 is 22.7. The van der Waals surface area contributed by atoms with Crippen LogP contribution in [0.1, 0.15) is 44.1 Å². The third-order valence-corrected chi connectivity index (χ3v) is 8.61. The molecule has 1 aromatic rings. The van der Waals surface area contributed by atoms with E-state index in [-0.39, 0.29) is 55.4 Å². The number of fused-ring (bicyclic) bond motifs is 2. The van der Waals surface area contributed by atoms with Crippen molar-refractivity contribution in [2.75, 3.05) is 51.3 Å². The molecule has 1 amide bonds. The standard InChI is InChI=1S/C26H39Cl2N4O3S2.O.Tc/c1-3-22(30-35-2)25-19(17-5-6-20(27)21(28)13-17)14-18-15-23(33)26(25)32(18)9-4-8-31(10-12-37)16-24(34)29-7-11-36;;/h5-6,13,18-19,23,25-26,36-37H,3-4,7-12,14-16H2,1-2H3,(H,29,34);;/q-1;-2;+5/p-2/i;;1+0. The molecule has 5 unspecified atom stereocenters. The number of carbonyl (C=O) groups is 1. The van der Waals surface area contributed by atoms with E-state index in [1.807, 2.05) is 18.2 Å². The van der Waals surface area contributed by atoms with Crippen molar-refractivity contribution in [2.24, 2.45) is 11.1 Å². The number of nitrogens with one attached hydrogen (secondary N) is 1. The minimum atomic E-state index is -0.704. The van der Waals surface area contributed by atoms with Crippen LogP contribution in [0.5, 0.6) is 0 Å². The van der Waals surface area contributed by atoms with Gasteiger partial charge in [-0.25, -0.2) is 0 Å². The summed E-state index contributed by atoms with van der Waals surface area (Å²) in [5.74, 6) is 1.07. The van der Waals surface area contributed by atoms with Crippen LogP contribution in [0.15, 0.2) is 23.4 Å². The summed E-state index contributed by atoms with van der Waals surface area (Å²) in [6.45, 7) is 5.07. The van der Waals surface area contributed by atoms with Gasteiger partial charge in [0.05, 0.1) is 22.3 Å². The Kier molecular flexibility index (Phi) is 17.5. The Morgan fingerprint density at radius 1 is 1.23 bits per heavy atom. The fourth-order valence-corrected chi connectivity index (χ4v) is 6.66. The number of hydrogen-bond donors (Lipinski definition) is 1. The predicted octanol–water partition coefficient (Wildman–Crippen LogP) is 2.46. The number of benzene rings is 1. The summed E-state index contributed by atoms with van der Waals surface area (Å²) in [6.07, 6.45) is 2.30. The van der Waals surface area contributed by atoms with Gasteiger partial charge >= 0.3 is 20.1 Å². The number of carbonyl (C=O) groups excluding carboxylic acids is 1. The second-order valence-corrected chi connectivity index (χ2v) is 11.3. The van der Waals surface area contributed by atoms with Crippen LogP contribution < -0.4 is 10.4 Å². The van der Waals surface area contributed by atoms with Crippen molar-refractivity contribution in [3.8, 4) is 0 Å². The van der Waals surface area contributed by atoms with E-state index in [9.17, 15) is 9.90 Å². The molecule has 13 heteroatoms. The molecule has 0 spiro atoms. The van der Waals surface area contributed by atoms with Crippen LogP contribution in [0.4, 0.5) is 0 Å². The van der Waals surface area contributed by atoms with E-state index >= 15 is 0 Å². The van der Waals surface area contributed by atoms with Crippen molar-refractivity contribution in [2.45, 2.75) is 56.7 Å². The molecule has 2 saturated heterocycles. The average molecular weight is 703 g/mol. The molecule has 1 aromatic carbocycles. The van der Waals surface area contributed by atoms with Crippen LogP contribution in [-0.2, 0) is 60.5 Å². The summed E-state index contributed by atoms with van der Waals surface area (Å²) in [6, 6.07) is 5.78. The van der Waals surface area contributed by atoms with Crippen LogP contribution in [0.25, 0.3) is 0 Å². The van der Waals surface area contributed by atoms with Gasteiger partial charge in [0.15, 0.2) is 0 Å². The third-order valence-electron chi connectivity index (χ3n) is 7.48. The quantitative estimate of drug-likeness (QED) is 0.180. The fourth-order valence-electron chi connectivity index (χ4n) is 6.00. The topological polar surface area (TPSA) is 109 Å². The summed E-state index contributed by atoms with van der Waals surface area (Å²) in [4.78, 5) is 21.9. The molecule has 2 aliphatic heterocycles. The Morgan fingerprint density at radius 3 is 2.59 bits per heavy atom. The second kappa shape index (κ2) is 18.5. The summed E-state index contributed by atoms with van der Waals surface area (Å²) in [5, 5.41) is 21.7. The maximum Gasteiger partial charge on any atom is 5.00 e. The third kappa shape index (κ3) is 9.73. The van der Waals surface area contributed by atoms with Gasteiger partial charge < -0.3 is 46.0 Å². The molecule has 218 valence electrons. The van der Waals surface area contributed by atoms with Gasteiger partial charge in [0.1, 0.15) is 7.11 Å². The van der Waals surface area contributed by atoms with E-state index < -0.39 is 6.10 Å². The van der Waals surface area contributed by atoms with Gasteiger partial charge in [-0.05, 0) is 75.5 Å². The normalized spacial score (nSPS) is 24.7. The van der Waals surface area contributed by atoms with Crippen molar-refractivity contribution in [1.29, 1.82) is 0 Å². The first kappa shape index (κ1) is 37.0. The first-order chi connectivity index (χ1) is 17.8. The molecule has 3 rings (SSSR count). The molecule has 0 aliphatic carbocycles. The van der Waals surface area contributed by atoms with E-state index in [0.717, 1.165) is 37.2 Å². The van der Waals surface area contributed by atoms with Gasteiger partial charge in [-0.15, -0.1) is 6.10 Å². The summed E-state index contributed by atoms with van der Waals surface area (Å²) in [5.41, 5.74) is 1.99. The van der Waals surface area contributed by atoms with E-state index in [1.165, 1.54) is 0 Å². The Balaban J connectivity index is 0.00000380. The number of piperidine rings is 1. The first-order valence-corrected chi connectivity index (χ1v) is 14.9. The number of halogens is 2. The number of oxime groups is 1. The first-order valence-electron chi connectivity index (χ1n) is 13.0. The van der Waals surface area contributed by atoms with Gasteiger partial charge in [0.25, 0.3) is 0 Å². The molecule has 0 aromatic heterocycles. The zero-order valence-electron chi connectivity index (χ0n) is 22.3. The predicted molar refractivity (Wildman–Crippen MR) is 154 cm³/mol. The van der Waals surface area contributed by atoms with Crippen molar-refractivity contribution in [3.05, 3.63) is 33.8 Å². The largest absolute Gasteiger partial charge is 5.00 e. The maximum absolute atomic E-state index is 13.5. The van der Waals surface area contributed by atoms with Gasteiger partial charge in [0, 0.05) is 18.0 Å². The van der Waals surface area contributed by atoms with Crippen molar-refractivity contribution in [3.63, 3.8) is 0 Å². The Morgan fingerprint density at radius 2 is 1.97 bits per heavy atom.